The number of aryl methyl sites for hydroxylation is 1. The van der Waals surface area contributed by atoms with Gasteiger partial charge in [-0.3, -0.25) is 4.68 Å². The lowest BCUT2D eigenvalue weighted by molar-refractivity contribution is 0.570. The van der Waals surface area contributed by atoms with Crippen molar-refractivity contribution in [1.29, 1.82) is 0 Å². The van der Waals surface area contributed by atoms with Crippen LogP contribution in [0.25, 0.3) is 0 Å². The van der Waals surface area contributed by atoms with Crippen molar-refractivity contribution in [3.05, 3.63) is 51.8 Å². The van der Waals surface area contributed by atoms with E-state index in [1.54, 1.807) is 0 Å². The van der Waals surface area contributed by atoms with E-state index in [1.165, 1.54) is 16.8 Å². The van der Waals surface area contributed by atoms with Crippen molar-refractivity contribution >= 4 is 15.9 Å². The minimum atomic E-state index is 0.303. The average molecular weight is 308 g/mol. The molecule has 0 spiro atoms. The van der Waals surface area contributed by atoms with Crippen molar-refractivity contribution in [3.8, 4) is 0 Å². The van der Waals surface area contributed by atoms with Crippen molar-refractivity contribution < 1.29 is 0 Å². The highest BCUT2D eigenvalue weighted by molar-refractivity contribution is 9.10. The Balaban J connectivity index is 2.00. The number of nitrogens with one attached hydrogen (secondary N) is 1. The largest absolute Gasteiger partial charge is 0.306 e. The van der Waals surface area contributed by atoms with Crippen molar-refractivity contribution in [3.63, 3.8) is 0 Å². The Labute approximate surface area is 116 Å². The summed E-state index contributed by atoms with van der Waals surface area (Å²) in [5.74, 6) is 0. The van der Waals surface area contributed by atoms with Crippen molar-refractivity contribution in [1.82, 2.24) is 15.1 Å². The van der Waals surface area contributed by atoms with E-state index in [0.29, 0.717) is 6.04 Å². The van der Waals surface area contributed by atoms with E-state index < -0.39 is 0 Å². The molecule has 0 aliphatic rings. The van der Waals surface area contributed by atoms with Crippen molar-refractivity contribution in [2.75, 3.05) is 0 Å². The number of hydrogen-bond acceptors (Lipinski definition) is 2. The zero-order valence-corrected chi connectivity index (χ0v) is 12.5. The van der Waals surface area contributed by atoms with E-state index in [0.717, 1.165) is 11.0 Å². The zero-order chi connectivity index (χ0) is 13.1. The van der Waals surface area contributed by atoms with Gasteiger partial charge in [-0.2, -0.15) is 5.10 Å². The smallest absolute Gasteiger partial charge is 0.0540 e. The second-order valence-corrected chi connectivity index (χ2v) is 5.46. The van der Waals surface area contributed by atoms with Crippen LogP contribution in [0.4, 0.5) is 0 Å². The normalized spacial score (nSPS) is 12.7. The summed E-state index contributed by atoms with van der Waals surface area (Å²) >= 11 is 3.49. The lowest BCUT2D eigenvalue weighted by Crippen LogP contribution is -2.18. The first-order valence-electron chi connectivity index (χ1n) is 6.04. The average Bonchev–Trinajstić information content (AvgIpc) is 2.67. The van der Waals surface area contributed by atoms with Crippen LogP contribution >= 0.6 is 15.9 Å². The Kier molecular flexibility index (Phi) is 4.19. The van der Waals surface area contributed by atoms with Crippen molar-refractivity contribution in [2.45, 2.75) is 26.4 Å². The predicted octanol–water partition coefficient (Wildman–Crippen LogP) is 3.34. The Bertz CT molecular complexity index is 534. The SMILES string of the molecule is Cc1c(C(C)NCc2cccc(Br)c2)cnn1C. The molecule has 1 heterocycles. The molecule has 0 radical (unpaired) electrons. The van der Waals surface area contributed by atoms with Gasteiger partial charge in [0.2, 0.25) is 0 Å². The van der Waals surface area contributed by atoms with Crippen LogP contribution in [-0.2, 0) is 13.6 Å². The van der Waals surface area contributed by atoms with Gasteiger partial charge >= 0.3 is 0 Å². The summed E-state index contributed by atoms with van der Waals surface area (Å²) < 4.78 is 3.03. The van der Waals surface area contributed by atoms with E-state index in [2.05, 4.69) is 58.4 Å². The van der Waals surface area contributed by atoms with Gasteiger partial charge in [0.1, 0.15) is 0 Å². The minimum absolute atomic E-state index is 0.303. The molecule has 0 aliphatic carbocycles. The number of nitrogens with zero attached hydrogens (tertiary/aromatic N) is 2. The van der Waals surface area contributed by atoms with Crippen LogP contribution in [0.2, 0.25) is 0 Å². The van der Waals surface area contributed by atoms with Gasteiger partial charge < -0.3 is 5.32 Å². The maximum Gasteiger partial charge on any atom is 0.0540 e. The van der Waals surface area contributed by atoms with Crippen LogP contribution < -0.4 is 5.32 Å². The Morgan fingerprint density at radius 3 is 2.83 bits per heavy atom. The molecule has 0 aliphatic heterocycles. The molecule has 0 fully saturated rings. The fraction of sp³-hybridized carbons (Fsp3) is 0.357. The first kappa shape index (κ1) is 13.3. The number of hydrogen-bond donors (Lipinski definition) is 1. The molecule has 3 nitrogen and oxygen atoms in total. The zero-order valence-electron chi connectivity index (χ0n) is 10.9. The standard InChI is InChI=1S/C14H18BrN3/c1-10(14-9-17-18(3)11(14)2)16-8-12-5-4-6-13(15)7-12/h4-7,9-10,16H,8H2,1-3H3. The molecule has 0 saturated carbocycles. The van der Waals surface area contributed by atoms with E-state index in [-0.39, 0.29) is 0 Å². The van der Waals surface area contributed by atoms with Crippen LogP contribution in [0.15, 0.2) is 34.9 Å². The Hall–Kier alpha value is -1.13. The number of aromatic nitrogens is 2. The Morgan fingerprint density at radius 2 is 2.22 bits per heavy atom. The Morgan fingerprint density at radius 1 is 1.44 bits per heavy atom. The van der Waals surface area contributed by atoms with E-state index in [4.69, 9.17) is 0 Å². The number of rotatable bonds is 4. The molecule has 4 heteroatoms. The van der Waals surface area contributed by atoms with E-state index in [9.17, 15) is 0 Å². The first-order valence-corrected chi connectivity index (χ1v) is 6.83. The highest BCUT2D eigenvalue weighted by atomic mass is 79.9. The molecule has 0 saturated heterocycles. The summed E-state index contributed by atoms with van der Waals surface area (Å²) in [4.78, 5) is 0. The predicted molar refractivity (Wildman–Crippen MR) is 77.3 cm³/mol. The molecule has 0 amide bonds. The monoisotopic (exact) mass is 307 g/mol. The summed E-state index contributed by atoms with van der Waals surface area (Å²) in [6.07, 6.45) is 1.94. The third-order valence-electron chi connectivity index (χ3n) is 3.24. The lowest BCUT2D eigenvalue weighted by atomic mass is 10.1. The molecule has 1 aromatic heterocycles. The third-order valence-corrected chi connectivity index (χ3v) is 3.73. The topological polar surface area (TPSA) is 29.9 Å². The molecule has 2 rings (SSSR count). The second-order valence-electron chi connectivity index (χ2n) is 4.54. The van der Waals surface area contributed by atoms with Gasteiger partial charge in [-0.05, 0) is 31.5 Å². The van der Waals surface area contributed by atoms with Gasteiger partial charge in [0, 0.05) is 35.4 Å². The molecule has 18 heavy (non-hydrogen) atoms. The molecule has 1 aromatic carbocycles. The lowest BCUT2D eigenvalue weighted by Gasteiger charge is -2.13. The molecular formula is C14H18BrN3. The maximum absolute atomic E-state index is 4.28. The van der Waals surface area contributed by atoms with Crippen LogP contribution in [0.3, 0.4) is 0 Å². The quantitative estimate of drug-likeness (QED) is 0.939. The van der Waals surface area contributed by atoms with E-state index in [1.807, 2.05) is 24.0 Å². The highest BCUT2D eigenvalue weighted by Gasteiger charge is 2.11. The fourth-order valence-corrected chi connectivity index (χ4v) is 2.42. The highest BCUT2D eigenvalue weighted by Crippen LogP contribution is 2.17. The molecular weight excluding hydrogens is 290 g/mol. The van der Waals surface area contributed by atoms with Crippen LogP contribution in [0, 0.1) is 6.92 Å². The third kappa shape index (κ3) is 3.00. The first-order chi connectivity index (χ1) is 8.58. The maximum atomic E-state index is 4.28. The van der Waals surface area contributed by atoms with Crippen LogP contribution in [0.5, 0.6) is 0 Å². The van der Waals surface area contributed by atoms with Crippen LogP contribution in [0.1, 0.15) is 29.8 Å². The van der Waals surface area contributed by atoms with Gasteiger partial charge in [0.15, 0.2) is 0 Å². The molecule has 1 atom stereocenters. The molecule has 96 valence electrons. The minimum Gasteiger partial charge on any atom is -0.306 e. The van der Waals surface area contributed by atoms with Gasteiger partial charge in [-0.15, -0.1) is 0 Å². The summed E-state index contributed by atoms with van der Waals surface area (Å²) in [7, 11) is 1.97. The molecule has 0 bridgehead atoms. The van der Waals surface area contributed by atoms with E-state index >= 15 is 0 Å². The summed E-state index contributed by atoms with van der Waals surface area (Å²) in [6, 6.07) is 8.66. The summed E-state index contributed by atoms with van der Waals surface area (Å²) in [6.45, 7) is 5.12. The molecule has 1 unspecified atom stereocenters. The van der Waals surface area contributed by atoms with Crippen molar-refractivity contribution in [2.24, 2.45) is 7.05 Å². The second kappa shape index (κ2) is 5.67. The van der Waals surface area contributed by atoms with Gasteiger partial charge in [-0.1, -0.05) is 28.1 Å². The fourth-order valence-electron chi connectivity index (χ4n) is 1.97. The number of benzene rings is 1. The van der Waals surface area contributed by atoms with Gasteiger partial charge in [0.25, 0.3) is 0 Å². The summed E-state index contributed by atoms with van der Waals surface area (Å²) in [5, 5.41) is 7.80. The summed E-state index contributed by atoms with van der Waals surface area (Å²) in [5.41, 5.74) is 3.74. The van der Waals surface area contributed by atoms with Gasteiger partial charge in [-0.25, -0.2) is 0 Å². The number of halogens is 1. The van der Waals surface area contributed by atoms with Gasteiger partial charge in [0.05, 0.1) is 6.20 Å². The van der Waals surface area contributed by atoms with Crippen LogP contribution in [-0.4, -0.2) is 9.78 Å². The molecule has 1 N–H and O–H groups in total. The molecule has 2 aromatic rings.